The van der Waals surface area contributed by atoms with Crippen LogP contribution in [-0.2, 0) is 27.4 Å². The first kappa shape index (κ1) is 27.5. The van der Waals surface area contributed by atoms with E-state index in [4.69, 9.17) is 16.3 Å². The summed E-state index contributed by atoms with van der Waals surface area (Å²) in [6.45, 7) is 0.137. The molecule has 2 aromatic carbocycles. The quantitative estimate of drug-likeness (QED) is 0.274. The minimum atomic E-state index is -4.61. The lowest BCUT2D eigenvalue weighted by atomic mass is 10.0. The van der Waals surface area contributed by atoms with Crippen molar-refractivity contribution in [2.24, 2.45) is 0 Å². The molecule has 0 saturated carbocycles. The van der Waals surface area contributed by atoms with Crippen LogP contribution >= 0.6 is 22.9 Å². The van der Waals surface area contributed by atoms with Gasteiger partial charge in [-0.25, -0.2) is 17.2 Å². The summed E-state index contributed by atoms with van der Waals surface area (Å²) in [5, 5.41) is 0. The van der Waals surface area contributed by atoms with E-state index in [1.807, 2.05) is 0 Å². The number of rotatable bonds is 8. The third kappa shape index (κ3) is 6.14. The Bertz CT molecular complexity index is 1400. The van der Waals surface area contributed by atoms with E-state index in [1.165, 1.54) is 18.2 Å². The van der Waals surface area contributed by atoms with Crippen LogP contribution < -0.4 is 4.74 Å². The van der Waals surface area contributed by atoms with Gasteiger partial charge in [0.05, 0.1) is 15.9 Å². The average Bonchev–Trinajstić information content (AvgIpc) is 3.48. The average molecular weight is 580 g/mol. The molecule has 0 spiro atoms. The molecule has 0 radical (unpaired) electrons. The molecule has 1 aromatic heterocycles. The number of halogens is 6. The van der Waals surface area contributed by atoms with Crippen LogP contribution in [0.3, 0.4) is 0 Å². The van der Waals surface area contributed by atoms with Gasteiger partial charge in [0.25, 0.3) is 10.0 Å². The highest BCUT2D eigenvalue weighted by molar-refractivity contribution is 7.91. The van der Waals surface area contributed by atoms with E-state index in [9.17, 15) is 35.2 Å². The molecule has 4 rings (SSSR count). The summed E-state index contributed by atoms with van der Waals surface area (Å²) in [6.07, 6.45) is -4.53. The molecule has 5 nitrogen and oxygen atoms in total. The number of hydrogen-bond acceptors (Lipinski definition) is 5. The molecule has 1 aliphatic heterocycles. The molecule has 1 saturated heterocycles. The van der Waals surface area contributed by atoms with E-state index >= 15 is 0 Å². The molecule has 0 amide bonds. The number of sulfonamides is 1. The molecule has 0 unspecified atom stereocenters. The van der Waals surface area contributed by atoms with Crippen molar-refractivity contribution in [2.45, 2.75) is 42.1 Å². The van der Waals surface area contributed by atoms with Gasteiger partial charge < -0.3 is 4.74 Å². The van der Waals surface area contributed by atoms with Crippen LogP contribution in [0.2, 0.25) is 4.34 Å². The van der Waals surface area contributed by atoms with Crippen molar-refractivity contribution in [2.75, 3.05) is 6.54 Å². The fourth-order valence-electron chi connectivity index (χ4n) is 4.07. The first-order valence-electron chi connectivity index (χ1n) is 11.0. The van der Waals surface area contributed by atoms with E-state index in [0.717, 1.165) is 39.9 Å². The Morgan fingerprint density at radius 1 is 1.08 bits per heavy atom. The third-order valence-electron chi connectivity index (χ3n) is 5.82. The maximum absolute atomic E-state index is 14.7. The minimum Gasteiger partial charge on any atom is -0.457 e. The van der Waals surface area contributed by atoms with Crippen molar-refractivity contribution in [3.8, 4) is 11.5 Å². The fraction of sp³-hybridized carbons (Fsp3) is 0.292. The van der Waals surface area contributed by atoms with Crippen LogP contribution in [0, 0.1) is 11.6 Å². The van der Waals surface area contributed by atoms with E-state index in [0.29, 0.717) is 12.5 Å². The Labute approximate surface area is 218 Å². The Morgan fingerprint density at radius 2 is 1.78 bits per heavy atom. The van der Waals surface area contributed by atoms with Crippen molar-refractivity contribution in [1.29, 1.82) is 0 Å². The molecule has 1 atom stereocenters. The number of carbonyl (C=O) groups excluding carboxylic acids is 1. The first-order chi connectivity index (χ1) is 17.4. The second-order valence-corrected chi connectivity index (χ2v) is 12.1. The molecule has 2 heterocycles. The summed E-state index contributed by atoms with van der Waals surface area (Å²) in [7, 11) is -3.95. The van der Waals surface area contributed by atoms with E-state index < -0.39 is 50.8 Å². The standard InChI is InChI=1S/C24H19ClF5NO4S2/c25-22-8-9-23(36-22)37(33,34)31-10-2-5-20(31)21(32)7-6-17-18(26)12-16(13-19(17)27)35-15-4-1-3-14(11-15)24(28,29)30/h1,3-4,8-9,11-13,20H,2,5-7,10H2/t20-/m0/s1. The lowest BCUT2D eigenvalue weighted by molar-refractivity contribution is -0.137. The highest BCUT2D eigenvalue weighted by Crippen LogP contribution is 2.35. The predicted octanol–water partition coefficient (Wildman–Crippen LogP) is 6.85. The van der Waals surface area contributed by atoms with Gasteiger partial charge in [-0.05, 0) is 49.6 Å². The molecule has 13 heteroatoms. The largest absolute Gasteiger partial charge is 0.457 e. The van der Waals surface area contributed by atoms with Gasteiger partial charge in [0.2, 0.25) is 0 Å². The van der Waals surface area contributed by atoms with E-state index in [1.54, 1.807) is 0 Å². The van der Waals surface area contributed by atoms with Gasteiger partial charge in [-0.3, -0.25) is 4.79 Å². The number of benzene rings is 2. The van der Waals surface area contributed by atoms with Crippen LogP contribution in [0.1, 0.15) is 30.4 Å². The summed E-state index contributed by atoms with van der Waals surface area (Å²) >= 11 is 6.72. The zero-order chi connectivity index (χ0) is 27.0. The highest BCUT2D eigenvalue weighted by atomic mass is 35.5. The van der Waals surface area contributed by atoms with Gasteiger partial charge in [0.15, 0.2) is 5.78 Å². The minimum absolute atomic E-state index is 0.00523. The second kappa shape index (κ2) is 10.7. The molecular formula is C24H19ClF5NO4S2. The Hall–Kier alpha value is -2.54. The fourth-order valence-corrected chi connectivity index (χ4v) is 7.36. The van der Waals surface area contributed by atoms with Gasteiger partial charge in [-0.2, -0.15) is 17.5 Å². The number of hydrogen-bond donors (Lipinski definition) is 0. The number of thiophene rings is 1. The highest BCUT2D eigenvalue weighted by Gasteiger charge is 2.39. The third-order valence-corrected chi connectivity index (χ3v) is 9.43. The molecule has 198 valence electrons. The summed E-state index contributed by atoms with van der Waals surface area (Å²) in [4.78, 5) is 12.9. The zero-order valence-electron chi connectivity index (χ0n) is 18.9. The molecular weight excluding hydrogens is 561 g/mol. The number of Topliss-reactive ketones (excluding diaryl/α,β-unsaturated/α-hetero) is 1. The molecule has 0 N–H and O–H groups in total. The topological polar surface area (TPSA) is 63.7 Å². The Morgan fingerprint density at radius 3 is 2.41 bits per heavy atom. The summed E-state index contributed by atoms with van der Waals surface area (Å²) in [5.74, 6) is -3.18. The number of carbonyl (C=O) groups is 1. The van der Waals surface area contributed by atoms with Gasteiger partial charge in [0, 0.05) is 30.7 Å². The lowest BCUT2D eigenvalue weighted by Gasteiger charge is -2.22. The van der Waals surface area contributed by atoms with Gasteiger partial charge in [-0.15, -0.1) is 11.3 Å². The smallest absolute Gasteiger partial charge is 0.416 e. The summed E-state index contributed by atoms with van der Waals surface area (Å²) in [5.41, 5.74) is -1.39. The Balaban J connectivity index is 1.45. The van der Waals surface area contributed by atoms with Crippen LogP contribution in [0.4, 0.5) is 22.0 Å². The number of alkyl halides is 3. The van der Waals surface area contributed by atoms with Crippen molar-refractivity contribution < 1.29 is 39.9 Å². The van der Waals surface area contributed by atoms with Crippen LogP contribution in [-0.4, -0.2) is 31.1 Å². The number of ketones is 1. The molecule has 0 bridgehead atoms. The van der Waals surface area contributed by atoms with Gasteiger partial charge in [0.1, 0.15) is 27.3 Å². The van der Waals surface area contributed by atoms with Gasteiger partial charge >= 0.3 is 6.18 Å². The number of ether oxygens (including phenoxy) is 1. The summed E-state index contributed by atoms with van der Waals surface area (Å²) < 4.78 is 100. The normalized spacial score (nSPS) is 16.8. The van der Waals surface area contributed by atoms with Crippen molar-refractivity contribution in [1.82, 2.24) is 4.31 Å². The monoisotopic (exact) mass is 579 g/mol. The molecule has 37 heavy (non-hydrogen) atoms. The molecule has 3 aromatic rings. The van der Waals surface area contributed by atoms with Crippen LogP contribution in [0.5, 0.6) is 11.5 Å². The molecule has 0 aliphatic carbocycles. The SMILES string of the molecule is O=C(CCc1c(F)cc(Oc2cccc(C(F)(F)F)c2)cc1F)[C@@H]1CCCN1S(=O)(=O)c1ccc(Cl)s1. The van der Waals surface area contributed by atoms with Gasteiger partial charge in [-0.1, -0.05) is 17.7 Å². The second-order valence-electron chi connectivity index (χ2n) is 8.29. The number of nitrogens with zero attached hydrogens (tertiary/aromatic N) is 1. The van der Waals surface area contributed by atoms with E-state index in [2.05, 4.69) is 0 Å². The maximum atomic E-state index is 14.7. The van der Waals surface area contributed by atoms with Crippen molar-refractivity contribution >= 4 is 38.7 Å². The molecule has 1 aliphatic rings. The van der Waals surface area contributed by atoms with Crippen molar-refractivity contribution in [3.05, 3.63) is 75.6 Å². The van der Waals surface area contributed by atoms with Crippen LogP contribution in [0.25, 0.3) is 0 Å². The Kier molecular flexibility index (Phi) is 7.93. The van der Waals surface area contributed by atoms with Crippen molar-refractivity contribution in [3.63, 3.8) is 0 Å². The molecule has 1 fully saturated rings. The predicted molar refractivity (Wildman–Crippen MR) is 127 cm³/mol. The van der Waals surface area contributed by atoms with Crippen LogP contribution in [0.15, 0.2) is 52.7 Å². The van der Waals surface area contributed by atoms with E-state index in [-0.39, 0.29) is 45.9 Å². The first-order valence-corrected chi connectivity index (χ1v) is 13.6. The zero-order valence-corrected chi connectivity index (χ0v) is 21.3. The summed E-state index contributed by atoms with van der Waals surface area (Å²) in [6, 6.07) is 7.32. The maximum Gasteiger partial charge on any atom is 0.416 e. The lowest BCUT2D eigenvalue weighted by Crippen LogP contribution is -2.40.